The minimum absolute atomic E-state index is 0.204. The van der Waals surface area contributed by atoms with Gasteiger partial charge >= 0.3 is 0 Å². The first-order valence-corrected chi connectivity index (χ1v) is 9.72. The Bertz CT molecular complexity index is 662. The first-order chi connectivity index (χ1) is 11.7. The Balaban J connectivity index is 1.97. The molecule has 1 heterocycles. The second-order valence-electron chi connectivity index (χ2n) is 6.69. The van der Waals surface area contributed by atoms with E-state index in [1.54, 1.807) is 0 Å². The van der Waals surface area contributed by atoms with Crippen LogP contribution in [0.3, 0.4) is 0 Å². The summed E-state index contributed by atoms with van der Waals surface area (Å²) in [6.07, 6.45) is 4.63. The predicted molar refractivity (Wildman–Crippen MR) is 105 cm³/mol. The van der Waals surface area contributed by atoms with E-state index in [2.05, 4.69) is 70.2 Å². The Morgan fingerprint density at radius 3 is 2.42 bits per heavy atom. The molecule has 1 N–H and O–H groups in total. The van der Waals surface area contributed by atoms with Crippen LogP contribution in [0, 0.1) is 0 Å². The number of aliphatic hydroxyl groups is 1. The van der Waals surface area contributed by atoms with Crippen LogP contribution in [0.4, 0.5) is 5.69 Å². The van der Waals surface area contributed by atoms with E-state index < -0.39 is 0 Å². The second kappa shape index (κ2) is 8.17. The highest BCUT2D eigenvalue weighted by Gasteiger charge is 2.19. The van der Waals surface area contributed by atoms with Gasteiger partial charge in [0.25, 0.3) is 0 Å². The fraction of sp³-hybridized carbons (Fsp3) is 0.429. The van der Waals surface area contributed by atoms with E-state index in [4.69, 9.17) is 0 Å². The van der Waals surface area contributed by atoms with Crippen LogP contribution in [0.25, 0.3) is 0 Å². The van der Waals surface area contributed by atoms with Crippen molar-refractivity contribution < 1.29 is 5.11 Å². The molecule has 0 radical (unpaired) electrons. The monoisotopic (exact) mass is 387 g/mol. The molecule has 1 aliphatic rings. The molecule has 2 aromatic rings. The number of rotatable bonds is 5. The normalized spacial score (nSPS) is 16.2. The van der Waals surface area contributed by atoms with Crippen molar-refractivity contribution in [3.8, 4) is 0 Å². The van der Waals surface area contributed by atoms with Gasteiger partial charge < -0.3 is 10.0 Å². The fourth-order valence-electron chi connectivity index (χ4n) is 3.59. The van der Waals surface area contributed by atoms with E-state index >= 15 is 0 Å². The van der Waals surface area contributed by atoms with Gasteiger partial charge in [-0.1, -0.05) is 47.1 Å². The molecule has 0 bridgehead atoms. The van der Waals surface area contributed by atoms with Crippen molar-refractivity contribution in [2.75, 3.05) is 24.6 Å². The first-order valence-electron chi connectivity index (χ1n) is 8.93. The summed E-state index contributed by atoms with van der Waals surface area (Å²) in [5.41, 5.74) is 5.30. The summed E-state index contributed by atoms with van der Waals surface area (Å²) in [6.45, 7) is 4.79. The lowest BCUT2D eigenvalue weighted by Gasteiger charge is -2.32. The largest absolute Gasteiger partial charge is 0.396 e. The van der Waals surface area contributed by atoms with Crippen LogP contribution >= 0.6 is 15.9 Å². The molecule has 3 rings (SSSR count). The average Bonchev–Trinajstić information content (AvgIpc) is 2.63. The molecule has 1 atom stereocenters. The maximum Gasteiger partial charge on any atom is 0.0471 e. The zero-order valence-corrected chi connectivity index (χ0v) is 15.9. The molecule has 2 aromatic carbocycles. The lowest BCUT2D eigenvalue weighted by molar-refractivity contribution is 0.299. The highest BCUT2D eigenvalue weighted by molar-refractivity contribution is 9.10. The summed E-state index contributed by atoms with van der Waals surface area (Å²) >= 11 is 3.52. The van der Waals surface area contributed by atoms with Gasteiger partial charge in [-0.05, 0) is 60.6 Å². The standard InChI is InChI=1S/C21H26BrNO/c1-16(18-6-8-19(22)9-7-18)20-15-17(11-14-24)5-10-21(20)23-12-3-2-4-13-23/h5-10,15-16,24H,2-4,11-14H2,1H3/t16-/m0/s1. The minimum atomic E-state index is 0.204. The molecule has 0 spiro atoms. The molecule has 0 aromatic heterocycles. The number of benzene rings is 2. The van der Waals surface area contributed by atoms with Crippen molar-refractivity contribution in [3.05, 3.63) is 63.6 Å². The van der Waals surface area contributed by atoms with E-state index in [1.165, 1.54) is 41.6 Å². The SMILES string of the molecule is C[C@@H](c1ccc(Br)cc1)c1cc(CCO)ccc1N1CCCCC1. The van der Waals surface area contributed by atoms with Gasteiger partial charge in [0.1, 0.15) is 0 Å². The number of hydrogen-bond acceptors (Lipinski definition) is 2. The maximum atomic E-state index is 9.30. The van der Waals surface area contributed by atoms with Gasteiger partial charge in [0.2, 0.25) is 0 Å². The third-order valence-electron chi connectivity index (χ3n) is 5.03. The lowest BCUT2D eigenvalue weighted by atomic mass is 9.89. The van der Waals surface area contributed by atoms with Gasteiger partial charge in [-0.3, -0.25) is 0 Å². The van der Waals surface area contributed by atoms with E-state index in [1.807, 2.05) is 0 Å². The van der Waals surface area contributed by atoms with Crippen molar-refractivity contribution >= 4 is 21.6 Å². The Morgan fingerprint density at radius 2 is 1.75 bits per heavy atom. The number of piperidine rings is 1. The molecule has 128 valence electrons. The summed E-state index contributed by atoms with van der Waals surface area (Å²) in [6, 6.07) is 15.4. The van der Waals surface area contributed by atoms with Crippen molar-refractivity contribution in [2.45, 2.75) is 38.5 Å². The van der Waals surface area contributed by atoms with Gasteiger partial charge in [0, 0.05) is 35.8 Å². The van der Waals surface area contributed by atoms with Crippen molar-refractivity contribution in [1.82, 2.24) is 0 Å². The third-order valence-corrected chi connectivity index (χ3v) is 5.55. The Kier molecular flexibility index (Phi) is 5.96. The molecule has 0 amide bonds. The lowest BCUT2D eigenvalue weighted by Crippen LogP contribution is -2.30. The van der Waals surface area contributed by atoms with Crippen molar-refractivity contribution in [3.63, 3.8) is 0 Å². The summed E-state index contributed by atoms with van der Waals surface area (Å²) in [5.74, 6) is 0.341. The van der Waals surface area contributed by atoms with Crippen LogP contribution in [0.5, 0.6) is 0 Å². The maximum absolute atomic E-state index is 9.30. The summed E-state index contributed by atoms with van der Waals surface area (Å²) in [5, 5.41) is 9.30. The zero-order valence-electron chi connectivity index (χ0n) is 14.3. The summed E-state index contributed by atoms with van der Waals surface area (Å²) in [4.78, 5) is 2.54. The topological polar surface area (TPSA) is 23.5 Å². The molecule has 1 fully saturated rings. The number of hydrogen-bond donors (Lipinski definition) is 1. The number of aliphatic hydroxyl groups excluding tert-OH is 1. The Hall–Kier alpha value is -1.32. The average molecular weight is 388 g/mol. The Labute approximate surface area is 153 Å². The Morgan fingerprint density at radius 1 is 1.04 bits per heavy atom. The number of nitrogens with zero attached hydrogens (tertiary/aromatic N) is 1. The van der Waals surface area contributed by atoms with E-state index in [0.717, 1.165) is 24.0 Å². The predicted octanol–water partition coefficient (Wildman–Crippen LogP) is 5.13. The van der Waals surface area contributed by atoms with Gasteiger partial charge in [-0.25, -0.2) is 0 Å². The molecular weight excluding hydrogens is 362 g/mol. The number of anilines is 1. The van der Waals surface area contributed by atoms with Crippen LogP contribution in [0.15, 0.2) is 46.9 Å². The molecular formula is C21H26BrNO. The summed E-state index contributed by atoms with van der Waals surface area (Å²) < 4.78 is 1.11. The molecule has 3 heteroatoms. The summed E-state index contributed by atoms with van der Waals surface area (Å²) in [7, 11) is 0. The van der Waals surface area contributed by atoms with E-state index in [0.29, 0.717) is 5.92 Å². The van der Waals surface area contributed by atoms with Crippen LogP contribution in [0.2, 0.25) is 0 Å². The molecule has 1 aliphatic heterocycles. The van der Waals surface area contributed by atoms with Crippen LogP contribution in [-0.2, 0) is 6.42 Å². The van der Waals surface area contributed by atoms with Gasteiger partial charge in [0.15, 0.2) is 0 Å². The highest BCUT2D eigenvalue weighted by atomic mass is 79.9. The first kappa shape index (κ1) is 17.5. The zero-order chi connectivity index (χ0) is 16.9. The van der Waals surface area contributed by atoms with Gasteiger partial charge in [-0.15, -0.1) is 0 Å². The number of halogens is 1. The molecule has 1 saturated heterocycles. The molecule has 0 aliphatic carbocycles. The minimum Gasteiger partial charge on any atom is -0.396 e. The van der Waals surface area contributed by atoms with E-state index in [9.17, 15) is 5.11 Å². The highest BCUT2D eigenvalue weighted by Crippen LogP contribution is 2.35. The molecule has 0 saturated carbocycles. The van der Waals surface area contributed by atoms with Crippen molar-refractivity contribution in [2.24, 2.45) is 0 Å². The van der Waals surface area contributed by atoms with E-state index in [-0.39, 0.29) is 6.61 Å². The van der Waals surface area contributed by atoms with Gasteiger partial charge in [-0.2, -0.15) is 0 Å². The smallest absolute Gasteiger partial charge is 0.0471 e. The third kappa shape index (κ3) is 4.01. The molecule has 0 unspecified atom stereocenters. The molecule has 24 heavy (non-hydrogen) atoms. The van der Waals surface area contributed by atoms with Gasteiger partial charge in [0.05, 0.1) is 0 Å². The van der Waals surface area contributed by atoms with Crippen LogP contribution in [0.1, 0.15) is 48.8 Å². The van der Waals surface area contributed by atoms with Crippen LogP contribution < -0.4 is 4.90 Å². The quantitative estimate of drug-likeness (QED) is 0.768. The van der Waals surface area contributed by atoms with Crippen molar-refractivity contribution in [1.29, 1.82) is 0 Å². The second-order valence-corrected chi connectivity index (χ2v) is 7.60. The fourth-order valence-corrected chi connectivity index (χ4v) is 3.85. The molecule has 2 nitrogen and oxygen atoms in total. The van der Waals surface area contributed by atoms with Crippen LogP contribution in [-0.4, -0.2) is 24.8 Å².